The minimum absolute atomic E-state index is 0.299. The number of esters is 1. The highest BCUT2D eigenvalue weighted by Crippen LogP contribution is 2.23. The maximum Gasteiger partial charge on any atom is 0.338 e. The molecular weight excluding hydrogens is 279 g/mol. The average molecular weight is 292 g/mol. The molecule has 0 bridgehead atoms. The molecule has 0 N–H and O–H groups in total. The second kappa shape index (κ2) is 5.52. The monoisotopic (exact) mass is 290 g/mol. The molecule has 0 aromatic heterocycles. The summed E-state index contributed by atoms with van der Waals surface area (Å²) < 4.78 is 5.90. The minimum atomic E-state index is -0.316. The van der Waals surface area contributed by atoms with Gasteiger partial charge in [0.2, 0.25) is 0 Å². The lowest BCUT2D eigenvalue weighted by Crippen LogP contribution is -2.08. The highest BCUT2D eigenvalue weighted by atomic mass is 79.9. The van der Waals surface area contributed by atoms with Crippen LogP contribution in [0.5, 0.6) is 0 Å². The summed E-state index contributed by atoms with van der Waals surface area (Å²) in [6.45, 7) is 4.07. The maximum absolute atomic E-state index is 11.6. The first-order valence-electron chi connectivity index (χ1n) is 4.62. The average Bonchev–Trinajstić information content (AvgIpc) is 2.21. The van der Waals surface area contributed by atoms with E-state index in [1.165, 1.54) is 0 Å². The van der Waals surface area contributed by atoms with Gasteiger partial charge in [-0.15, -0.1) is 11.6 Å². The van der Waals surface area contributed by atoms with E-state index >= 15 is 0 Å². The number of benzene rings is 1. The molecule has 0 fully saturated rings. The predicted octanol–water partition coefficient (Wildman–Crippen LogP) is 3.67. The highest BCUT2D eigenvalue weighted by molar-refractivity contribution is 9.10. The Kier molecular flexibility index (Phi) is 4.61. The number of alkyl halides is 1. The summed E-state index contributed by atoms with van der Waals surface area (Å²) >= 11 is 9.17. The van der Waals surface area contributed by atoms with Crippen molar-refractivity contribution < 1.29 is 9.53 Å². The summed E-state index contributed by atoms with van der Waals surface area (Å²) in [6, 6.07) is 3.65. The van der Waals surface area contributed by atoms with Gasteiger partial charge in [-0.1, -0.05) is 15.9 Å². The quantitative estimate of drug-likeness (QED) is 0.627. The van der Waals surface area contributed by atoms with Gasteiger partial charge in [-0.2, -0.15) is 0 Å². The second-order valence-electron chi connectivity index (χ2n) is 3.11. The molecule has 4 heteroatoms. The fourth-order valence-corrected chi connectivity index (χ4v) is 1.84. The van der Waals surface area contributed by atoms with Gasteiger partial charge in [-0.3, -0.25) is 0 Å². The van der Waals surface area contributed by atoms with E-state index in [1.54, 1.807) is 13.0 Å². The van der Waals surface area contributed by atoms with Crippen LogP contribution in [-0.2, 0) is 10.6 Å². The Morgan fingerprint density at radius 2 is 2.20 bits per heavy atom. The van der Waals surface area contributed by atoms with Crippen LogP contribution in [0.3, 0.4) is 0 Å². The van der Waals surface area contributed by atoms with Crippen LogP contribution in [0.4, 0.5) is 0 Å². The standard InChI is InChI=1S/C11H12BrClO2/c1-3-15-11(14)9-4-7(2)10(12)5-8(9)6-13/h4-5H,3,6H2,1-2H3. The van der Waals surface area contributed by atoms with Gasteiger partial charge in [0, 0.05) is 10.4 Å². The molecule has 0 spiro atoms. The number of rotatable bonds is 3. The van der Waals surface area contributed by atoms with Gasteiger partial charge in [0.15, 0.2) is 0 Å². The maximum atomic E-state index is 11.6. The molecule has 1 rings (SSSR count). The summed E-state index contributed by atoms with van der Waals surface area (Å²) in [5.74, 6) is -0.0173. The third kappa shape index (κ3) is 2.95. The Hall–Kier alpha value is -0.540. The molecule has 0 aliphatic rings. The number of hydrogen-bond donors (Lipinski definition) is 0. The first-order valence-corrected chi connectivity index (χ1v) is 5.95. The topological polar surface area (TPSA) is 26.3 Å². The van der Waals surface area contributed by atoms with Crippen LogP contribution < -0.4 is 0 Å². The zero-order valence-corrected chi connectivity index (χ0v) is 11.0. The van der Waals surface area contributed by atoms with Crippen molar-refractivity contribution in [1.29, 1.82) is 0 Å². The van der Waals surface area contributed by atoms with Crippen molar-refractivity contribution in [3.63, 3.8) is 0 Å². The number of hydrogen-bond acceptors (Lipinski definition) is 2. The summed E-state index contributed by atoms with van der Waals surface area (Å²) in [5, 5.41) is 0. The van der Waals surface area contributed by atoms with Crippen LogP contribution in [0, 0.1) is 6.92 Å². The summed E-state index contributed by atoms with van der Waals surface area (Å²) in [5.41, 5.74) is 2.33. The Bertz CT molecular complexity index is 377. The Balaban J connectivity index is 3.15. The Labute approximate surface area is 103 Å². The molecule has 0 unspecified atom stereocenters. The molecule has 2 nitrogen and oxygen atoms in total. The van der Waals surface area contributed by atoms with Crippen molar-refractivity contribution in [2.45, 2.75) is 19.7 Å². The van der Waals surface area contributed by atoms with Gasteiger partial charge in [0.25, 0.3) is 0 Å². The SMILES string of the molecule is CCOC(=O)c1cc(C)c(Br)cc1CCl. The predicted molar refractivity (Wildman–Crippen MR) is 64.4 cm³/mol. The highest BCUT2D eigenvalue weighted by Gasteiger charge is 2.13. The van der Waals surface area contributed by atoms with E-state index in [0.717, 1.165) is 15.6 Å². The largest absolute Gasteiger partial charge is 0.462 e. The van der Waals surface area contributed by atoms with Crippen molar-refractivity contribution in [2.24, 2.45) is 0 Å². The molecule has 0 saturated carbocycles. The Morgan fingerprint density at radius 3 is 2.73 bits per heavy atom. The fourth-order valence-electron chi connectivity index (χ4n) is 1.23. The van der Waals surface area contributed by atoms with E-state index in [2.05, 4.69) is 15.9 Å². The smallest absolute Gasteiger partial charge is 0.338 e. The van der Waals surface area contributed by atoms with Crippen LogP contribution in [0.15, 0.2) is 16.6 Å². The lowest BCUT2D eigenvalue weighted by atomic mass is 10.1. The molecule has 15 heavy (non-hydrogen) atoms. The van der Waals surface area contributed by atoms with E-state index < -0.39 is 0 Å². The lowest BCUT2D eigenvalue weighted by molar-refractivity contribution is 0.0525. The van der Waals surface area contributed by atoms with Crippen LogP contribution in [0.25, 0.3) is 0 Å². The molecule has 0 atom stereocenters. The Morgan fingerprint density at radius 1 is 1.53 bits per heavy atom. The molecule has 1 aromatic carbocycles. The molecule has 1 aromatic rings. The van der Waals surface area contributed by atoms with Crippen molar-refractivity contribution in [1.82, 2.24) is 0 Å². The molecule has 0 heterocycles. The van der Waals surface area contributed by atoms with Gasteiger partial charge in [-0.05, 0) is 37.1 Å². The summed E-state index contributed by atoms with van der Waals surface area (Å²) in [6.07, 6.45) is 0. The molecule has 0 aliphatic carbocycles. The van der Waals surface area contributed by atoms with E-state index in [4.69, 9.17) is 16.3 Å². The van der Waals surface area contributed by atoms with E-state index in [-0.39, 0.29) is 5.97 Å². The van der Waals surface area contributed by atoms with Gasteiger partial charge >= 0.3 is 5.97 Å². The molecule has 82 valence electrons. The van der Waals surface area contributed by atoms with Crippen LogP contribution in [-0.4, -0.2) is 12.6 Å². The molecule has 0 radical (unpaired) electrons. The molecule has 0 saturated heterocycles. The van der Waals surface area contributed by atoms with Gasteiger partial charge in [-0.25, -0.2) is 4.79 Å². The lowest BCUT2D eigenvalue weighted by Gasteiger charge is -2.09. The van der Waals surface area contributed by atoms with Crippen molar-refractivity contribution in [2.75, 3.05) is 6.61 Å². The van der Waals surface area contributed by atoms with Crippen LogP contribution in [0.1, 0.15) is 28.4 Å². The number of carbonyl (C=O) groups excluding carboxylic acids is 1. The van der Waals surface area contributed by atoms with Crippen molar-refractivity contribution >= 4 is 33.5 Å². The zero-order chi connectivity index (χ0) is 11.4. The van der Waals surface area contributed by atoms with Crippen molar-refractivity contribution in [3.05, 3.63) is 33.3 Å². The first-order chi connectivity index (χ1) is 7.10. The minimum Gasteiger partial charge on any atom is -0.462 e. The van der Waals surface area contributed by atoms with Gasteiger partial charge in [0.1, 0.15) is 0 Å². The fraction of sp³-hybridized carbons (Fsp3) is 0.364. The molecule has 0 aliphatic heterocycles. The number of halogens is 2. The van der Waals surface area contributed by atoms with E-state index in [0.29, 0.717) is 18.1 Å². The van der Waals surface area contributed by atoms with E-state index in [9.17, 15) is 4.79 Å². The van der Waals surface area contributed by atoms with Crippen molar-refractivity contribution in [3.8, 4) is 0 Å². The molecular formula is C11H12BrClO2. The van der Waals surface area contributed by atoms with Gasteiger partial charge in [0.05, 0.1) is 12.2 Å². The van der Waals surface area contributed by atoms with Gasteiger partial charge < -0.3 is 4.74 Å². The third-order valence-corrected chi connectivity index (χ3v) is 3.17. The van der Waals surface area contributed by atoms with Crippen LogP contribution in [0.2, 0.25) is 0 Å². The zero-order valence-electron chi connectivity index (χ0n) is 8.64. The van der Waals surface area contributed by atoms with Crippen LogP contribution >= 0.6 is 27.5 Å². The van der Waals surface area contributed by atoms with E-state index in [1.807, 2.05) is 13.0 Å². The number of aryl methyl sites for hydroxylation is 1. The summed E-state index contributed by atoms with van der Waals surface area (Å²) in [4.78, 5) is 11.6. The molecule has 0 amide bonds. The normalized spacial score (nSPS) is 10.1. The number of ether oxygens (including phenoxy) is 1. The third-order valence-electron chi connectivity index (χ3n) is 2.02. The number of carbonyl (C=O) groups is 1. The first kappa shape index (κ1) is 12.5. The second-order valence-corrected chi connectivity index (χ2v) is 4.23. The summed E-state index contributed by atoms with van der Waals surface area (Å²) in [7, 11) is 0.